The maximum absolute atomic E-state index is 12.9. The predicted molar refractivity (Wildman–Crippen MR) is 89.5 cm³/mol. The van der Waals surface area contributed by atoms with Crippen molar-refractivity contribution < 1.29 is 18.5 Å². The molecule has 1 atom stereocenters. The minimum absolute atomic E-state index is 0.0548. The van der Waals surface area contributed by atoms with E-state index in [1.807, 2.05) is 13.0 Å². The summed E-state index contributed by atoms with van der Waals surface area (Å²) in [6.45, 7) is 2.49. The molecule has 1 aliphatic heterocycles. The highest BCUT2D eigenvalue weighted by atomic mass is 19.1. The highest BCUT2D eigenvalue weighted by molar-refractivity contribution is 5.97. The molecule has 25 heavy (non-hydrogen) atoms. The maximum Gasteiger partial charge on any atom is 0.223 e. The van der Waals surface area contributed by atoms with Crippen LogP contribution in [0.1, 0.15) is 60.0 Å². The van der Waals surface area contributed by atoms with Crippen LogP contribution in [0.3, 0.4) is 0 Å². The number of rotatable bonds is 5. The van der Waals surface area contributed by atoms with Gasteiger partial charge in [0.15, 0.2) is 5.78 Å². The highest BCUT2D eigenvalue weighted by Crippen LogP contribution is 2.31. The molecule has 1 fully saturated rings. The topological polar surface area (TPSA) is 63.4 Å². The molecule has 0 unspecified atom stereocenters. The van der Waals surface area contributed by atoms with Gasteiger partial charge in [-0.2, -0.15) is 0 Å². The third kappa shape index (κ3) is 4.13. The Labute approximate surface area is 145 Å². The molecule has 0 aliphatic carbocycles. The van der Waals surface area contributed by atoms with Crippen molar-refractivity contribution in [3.8, 4) is 0 Å². The van der Waals surface area contributed by atoms with Crippen LogP contribution in [0.2, 0.25) is 0 Å². The molecule has 0 bridgehead atoms. The molecule has 0 spiro atoms. The Morgan fingerprint density at radius 1 is 1.24 bits per heavy atom. The summed E-state index contributed by atoms with van der Waals surface area (Å²) in [7, 11) is 0. The average Bonchev–Trinajstić information content (AvgIpc) is 3.06. The van der Waals surface area contributed by atoms with Crippen molar-refractivity contribution in [1.29, 1.82) is 0 Å². The fraction of sp³-hybridized carbons (Fsp3) is 0.421. The lowest BCUT2D eigenvalue weighted by Crippen LogP contribution is -2.38. The zero-order valence-electron chi connectivity index (χ0n) is 14.2. The molecule has 1 aliphatic rings. The number of ketones is 1. The molecule has 1 aromatic heterocycles. The lowest BCUT2D eigenvalue weighted by atomic mass is 9.98. The number of aryl methyl sites for hydroxylation is 1. The van der Waals surface area contributed by atoms with E-state index in [2.05, 4.69) is 5.16 Å². The highest BCUT2D eigenvalue weighted by Gasteiger charge is 2.30. The Morgan fingerprint density at radius 3 is 2.68 bits per heavy atom. The summed E-state index contributed by atoms with van der Waals surface area (Å²) in [5.74, 6) is 0.131. The zero-order valence-corrected chi connectivity index (χ0v) is 14.2. The molecule has 1 aromatic carbocycles. The van der Waals surface area contributed by atoms with Gasteiger partial charge < -0.3 is 9.42 Å². The number of Topliss-reactive ketones (excluding diaryl/α,β-unsaturated/α-hetero) is 1. The van der Waals surface area contributed by atoms with E-state index >= 15 is 0 Å². The number of benzene rings is 1. The van der Waals surface area contributed by atoms with Gasteiger partial charge in [-0.1, -0.05) is 5.16 Å². The summed E-state index contributed by atoms with van der Waals surface area (Å²) in [4.78, 5) is 26.6. The van der Waals surface area contributed by atoms with Gasteiger partial charge in [0.2, 0.25) is 5.91 Å². The van der Waals surface area contributed by atoms with Gasteiger partial charge in [-0.15, -0.1) is 0 Å². The number of carbonyl (C=O) groups is 2. The smallest absolute Gasteiger partial charge is 0.223 e. The van der Waals surface area contributed by atoms with Crippen LogP contribution in [0.15, 0.2) is 34.9 Å². The molecule has 2 aromatic rings. The van der Waals surface area contributed by atoms with Gasteiger partial charge in [0.25, 0.3) is 0 Å². The van der Waals surface area contributed by atoms with Crippen molar-refractivity contribution in [2.75, 3.05) is 6.54 Å². The van der Waals surface area contributed by atoms with Crippen LogP contribution in [-0.2, 0) is 4.79 Å². The van der Waals surface area contributed by atoms with Gasteiger partial charge in [-0.05, 0) is 50.5 Å². The molecular weight excluding hydrogens is 323 g/mol. The standard InChI is InChI=1S/C19H21FN2O3/c1-13-12-16(21-25-13)17-4-2-3-11-22(17)19(24)10-9-18(23)14-5-7-15(20)8-6-14/h5-8,12,17H,2-4,9-11H2,1H3/t17-/m1/s1. The van der Waals surface area contributed by atoms with Gasteiger partial charge in [0, 0.05) is 31.0 Å². The first kappa shape index (κ1) is 17.3. The van der Waals surface area contributed by atoms with E-state index < -0.39 is 0 Å². The summed E-state index contributed by atoms with van der Waals surface area (Å²) in [5.41, 5.74) is 1.20. The third-order valence-electron chi connectivity index (χ3n) is 4.54. The Morgan fingerprint density at radius 2 is 2.00 bits per heavy atom. The second kappa shape index (κ2) is 7.59. The molecule has 1 amide bonds. The number of piperidine rings is 1. The Balaban J connectivity index is 1.62. The fourth-order valence-corrected chi connectivity index (χ4v) is 3.22. The number of halogens is 1. The van der Waals surface area contributed by atoms with Crippen LogP contribution in [0.25, 0.3) is 0 Å². The van der Waals surface area contributed by atoms with Crippen LogP contribution in [-0.4, -0.2) is 28.3 Å². The number of aromatic nitrogens is 1. The first-order valence-electron chi connectivity index (χ1n) is 8.56. The second-order valence-corrected chi connectivity index (χ2v) is 6.39. The monoisotopic (exact) mass is 344 g/mol. The molecule has 132 valence electrons. The largest absolute Gasteiger partial charge is 0.361 e. The number of carbonyl (C=O) groups excluding carboxylic acids is 2. The number of hydrogen-bond acceptors (Lipinski definition) is 4. The molecular formula is C19H21FN2O3. The van der Waals surface area contributed by atoms with Crippen LogP contribution in [0.4, 0.5) is 4.39 Å². The van der Waals surface area contributed by atoms with Crippen LogP contribution in [0, 0.1) is 12.7 Å². The van der Waals surface area contributed by atoms with E-state index in [1.165, 1.54) is 24.3 Å². The van der Waals surface area contributed by atoms with E-state index in [0.29, 0.717) is 12.1 Å². The van der Waals surface area contributed by atoms with Gasteiger partial charge in [-0.25, -0.2) is 4.39 Å². The summed E-state index contributed by atoms with van der Waals surface area (Å²) >= 11 is 0. The summed E-state index contributed by atoms with van der Waals surface area (Å²) in [5, 5.41) is 4.05. The van der Waals surface area contributed by atoms with E-state index in [-0.39, 0.29) is 36.4 Å². The number of hydrogen-bond donors (Lipinski definition) is 0. The van der Waals surface area contributed by atoms with Crippen LogP contribution >= 0.6 is 0 Å². The molecule has 0 N–H and O–H groups in total. The van der Waals surface area contributed by atoms with E-state index in [1.54, 1.807) is 4.90 Å². The molecule has 2 heterocycles. The fourth-order valence-electron chi connectivity index (χ4n) is 3.22. The van der Waals surface area contributed by atoms with Gasteiger partial charge in [-0.3, -0.25) is 9.59 Å². The van der Waals surface area contributed by atoms with E-state index in [9.17, 15) is 14.0 Å². The van der Waals surface area contributed by atoms with Gasteiger partial charge >= 0.3 is 0 Å². The lowest BCUT2D eigenvalue weighted by Gasteiger charge is -2.34. The molecule has 5 nitrogen and oxygen atoms in total. The lowest BCUT2D eigenvalue weighted by molar-refractivity contribution is -0.135. The SMILES string of the molecule is Cc1cc([C@H]2CCCCN2C(=O)CCC(=O)c2ccc(F)cc2)no1. The van der Waals surface area contributed by atoms with Crippen molar-refractivity contribution in [2.24, 2.45) is 0 Å². The van der Waals surface area contributed by atoms with Crippen molar-refractivity contribution in [3.63, 3.8) is 0 Å². The second-order valence-electron chi connectivity index (χ2n) is 6.39. The number of amides is 1. The molecule has 6 heteroatoms. The predicted octanol–water partition coefficient (Wildman–Crippen LogP) is 3.84. The van der Waals surface area contributed by atoms with Gasteiger partial charge in [0.05, 0.1) is 6.04 Å². The summed E-state index contributed by atoms with van der Waals surface area (Å²) in [6, 6.07) is 7.18. The van der Waals surface area contributed by atoms with E-state index in [0.717, 1.165) is 30.7 Å². The summed E-state index contributed by atoms with van der Waals surface area (Å²) < 4.78 is 18.1. The van der Waals surface area contributed by atoms with Crippen molar-refractivity contribution in [2.45, 2.75) is 45.1 Å². The minimum atomic E-state index is -0.383. The quantitative estimate of drug-likeness (QED) is 0.773. The average molecular weight is 344 g/mol. The molecule has 0 saturated carbocycles. The number of nitrogens with zero attached hydrogens (tertiary/aromatic N) is 2. The first-order chi connectivity index (χ1) is 12.0. The van der Waals surface area contributed by atoms with E-state index in [4.69, 9.17) is 4.52 Å². The van der Waals surface area contributed by atoms with Crippen LogP contribution in [0.5, 0.6) is 0 Å². The normalized spacial score (nSPS) is 17.5. The zero-order chi connectivity index (χ0) is 17.8. The minimum Gasteiger partial charge on any atom is -0.361 e. The Hall–Kier alpha value is -2.50. The van der Waals surface area contributed by atoms with Crippen molar-refractivity contribution in [3.05, 3.63) is 53.2 Å². The third-order valence-corrected chi connectivity index (χ3v) is 4.54. The maximum atomic E-state index is 12.9. The molecule has 3 rings (SSSR count). The molecule has 0 radical (unpaired) electrons. The van der Waals surface area contributed by atoms with Crippen molar-refractivity contribution >= 4 is 11.7 Å². The molecule has 1 saturated heterocycles. The van der Waals surface area contributed by atoms with Gasteiger partial charge in [0.1, 0.15) is 17.3 Å². The first-order valence-corrected chi connectivity index (χ1v) is 8.56. The Bertz CT molecular complexity index is 754. The summed E-state index contributed by atoms with van der Waals surface area (Å²) in [6.07, 6.45) is 3.10. The Kier molecular flexibility index (Phi) is 5.26. The van der Waals surface area contributed by atoms with Crippen molar-refractivity contribution in [1.82, 2.24) is 10.1 Å². The van der Waals surface area contributed by atoms with Crippen LogP contribution < -0.4 is 0 Å². The number of likely N-dealkylation sites (tertiary alicyclic amines) is 1.